The molecule has 5 aromatic rings. The number of phenols is 1. The molecule has 0 saturated heterocycles. The molecule has 3 aromatic carbocycles. The zero-order valence-electron chi connectivity index (χ0n) is 17.5. The van der Waals surface area contributed by atoms with Crippen molar-refractivity contribution >= 4 is 11.0 Å². The van der Waals surface area contributed by atoms with E-state index >= 15 is 0 Å². The van der Waals surface area contributed by atoms with Gasteiger partial charge in [0.05, 0.1) is 17.2 Å². The fraction of sp³-hybridized carbons (Fsp3) is 0.160. The Kier molecular flexibility index (Phi) is 4.75. The van der Waals surface area contributed by atoms with Gasteiger partial charge in [-0.3, -0.25) is 0 Å². The number of hydrogen-bond donors (Lipinski definition) is 1. The number of aromatic nitrogens is 5. The minimum Gasteiger partial charge on any atom is -0.508 e. The monoisotopic (exact) mass is 409 g/mol. The fourth-order valence-corrected chi connectivity index (χ4v) is 3.88. The van der Waals surface area contributed by atoms with Gasteiger partial charge in [0.2, 0.25) is 0 Å². The summed E-state index contributed by atoms with van der Waals surface area (Å²) in [4.78, 5) is 4.89. The first-order chi connectivity index (χ1) is 15.1. The molecule has 2 aromatic heterocycles. The Bertz CT molecular complexity index is 1380. The summed E-state index contributed by atoms with van der Waals surface area (Å²) in [5.74, 6) is 1.14. The van der Waals surface area contributed by atoms with Crippen molar-refractivity contribution in [2.75, 3.05) is 0 Å². The smallest absolute Gasteiger partial charge is 0.132 e. The number of phenolic OH excluding ortho intramolecular Hbond substituents is 1. The summed E-state index contributed by atoms with van der Waals surface area (Å²) in [6.07, 6.45) is 1.89. The van der Waals surface area contributed by atoms with E-state index in [4.69, 9.17) is 4.98 Å². The van der Waals surface area contributed by atoms with Crippen molar-refractivity contribution in [3.63, 3.8) is 0 Å². The average molecular weight is 409 g/mol. The summed E-state index contributed by atoms with van der Waals surface area (Å²) in [7, 11) is 0. The molecule has 0 amide bonds. The molecule has 6 nitrogen and oxygen atoms in total. The minimum atomic E-state index is 0.211. The lowest BCUT2D eigenvalue weighted by atomic mass is 10.1. The second-order valence-corrected chi connectivity index (χ2v) is 7.88. The maximum absolute atomic E-state index is 9.75. The van der Waals surface area contributed by atoms with Crippen LogP contribution >= 0.6 is 0 Å². The molecule has 0 saturated carbocycles. The Labute approximate surface area is 180 Å². The molecular weight excluding hydrogens is 386 g/mol. The number of benzene rings is 3. The third kappa shape index (κ3) is 3.80. The first-order valence-corrected chi connectivity index (χ1v) is 10.3. The van der Waals surface area contributed by atoms with Crippen LogP contribution in [0.5, 0.6) is 5.75 Å². The van der Waals surface area contributed by atoms with Gasteiger partial charge in [0.15, 0.2) is 0 Å². The van der Waals surface area contributed by atoms with Crippen LogP contribution < -0.4 is 0 Å². The van der Waals surface area contributed by atoms with E-state index in [0.29, 0.717) is 12.2 Å². The van der Waals surface area contributed by atoms with Crippen LogP contribution in [-0.2, 0) is 13.1 Å². The first kappa shape index (κ1) is 19.1. The van der Waals surface area contributed by atoms with Gasteiger partial charge in [-0.25, -0.2) is 9.67 Å². The van der Waals surface area contributed by atoms with Gasteiger partial charge in [-0.05, 0) is 49.2 Å². The molecule has 0 unspecified atom stereocenters. The van der Waals surface area contributed by atoms with E-state index in [0.717, 1.165) is 29.0 Å². The SMILES string of the molecule is Cc1ccc(C)c(Cn2c(Cn3cc(-c4cccc(O)c4)nn3)nc3ccccc32)c1. The molecule has 0 fully saturated rings. The Morgan fingerprint density at radius 3 is 2.65 bits per heavy atom. The normalized spacial score (nSPS) is 11.3. The van der Waals surface area contributed by atoms with Crippen LogP contribution in [0.3, 0.4) is 0 Å². The third-order valence-corrected chi connectivity index (χ3v) is 5.55. The van der Waals surface area contributed by atoms with Crippen molar-refractivity contribution in [2.24, 2.45) is 0 Å². The van der Waals surface area contributed by atoms with Gasteiger partial charge in [0.25, 0.3) is 0 Å². The molecule has 0 aliphatic carbocycles. The molecule has 0 atom stereocenters. The molecule has 6 heteroatoms. The second kappa shape index (κ2) is 7.72. The summed E-state index contributed by atoms with van der Waals surface area (Å²) < 4.78 is 4.05. The largest absolute Gasteiger partial charge is 0.508 e. The van der Waals surface area contributed by atoms with Crippen LogP contribution in [0.15, 0.2) is 72.9 Å². The first-order valence-electron chi connectivity index (χ1n) is 10.3. The Hall–Kier alpha value is -3.93. The van der Waals surface area contributed by atoms with Gasteiger partial charge in [0, 0.05) is 12.1 Å². The summed E-state index contributed by atoms with van der Waals surface area (Å²) in [6, 6.07) is 21.8. The van der Waals surface area contributed by atoms with Crippen LogP contribution in [-0.4, -0.2) is 29.7 Å². The molecule has 0 bridgehead atoms. The van der Waals surface area contributed by atoms with Gasteiger partial charge < -0.3 is 9.67 Å². The molecule has 1 N–H and O–H groups in total. The van der Waals surface area contributed by atoms with E-state index in [1.165, 1.54) is 16.7 Å². The fourth-order valence-electron chi connectivity index (χ4n) is 3.88. The molecule has 154 valence electrons. The number of hydrogen-bond acceptors (Lipinski definition) is 4. The van der Waals surface area contributed by atoms with Crippen LogP contribution in [0.1, 0.15) is 22.5 Å². The minimum absolute atomic E-state index is 0.211. The van der Waals surface area contributed by atoms with Crippen LogP contribution in [0.2, 0.25) is 0 Å². The molecule has 0 spiro atoms. The van der Waals surface area contributed by atoms with Crippen molar-refractivity contribution < 1.29 is 5.11 Å². The van der Waals surface area contributed by atoms with Gasteiger partial charge in [-0.2, -0.15) is 0 Å². The highest BCUT2D eigenvalue weighted by molar-refractivity contribution is 5.76. The van der Waals surface area contributed by atoms with E-state index in [9.17, 15) is 5.11 Å². The number of fused-ring (bicyclic) bond motifs is 1. The van der Waals surface area contributed by atoms with Crippen molar-refractivity contribution in [3.8, 4) is 17.0 Å². The quantitative estimate of drug-likeness (QED) is 0.456. The summed E-state index contributed by atoms with van der Waals surface area (Å²) >= 11 is 0. The lowest BCUT2D eigenvalue weighted by Crippen LogP contribution is -2.11. The third-order valence-electron chi connectivity index (χ3n) is 5.55. The highest BCUT2D eigenvalue weighted by Gasteiger charge is 2.14. The van der Waals surface area contributed by atoms with Gasteiger partial charge in [-0.1, -0.05) is 53.2 Å². The van der Waals surface area contributed by atoms with E-state index in [1.54, 1.807) is 22.9 Å². The zero-order valence-corrected chi connectivity index (χ0v) is 17.5. The average Bonchev–Trinajstić information content (AvgIpc) is 3.36. The number of rotatable bonds is 5. The molecular formula is C25H23N5O. The Balaban J connectivity index is 1.52. The van der Waals surface area contributed by atoms with Gasteiger partial charge in [-0.15, -0.1) is 5.10 Å². The highest BCUT2D eigenvalue weighted by Crippen LogP contribution is 2.23. The molecule has 5 rings (SSSR count). The Morgan fingerprint density at radius 2 is 1.77 bits per heavy atom. The highest BCUT2D eigenvalue weighted by atomic mass is 16.3. The van der Waals surface area contributed by atoms with Gasteiger partial charge >= 0.3 is 0 Å². The van der Waals surface area contributed by atoms with Crippen LogP contribution in [0.25, 0.3) is 22.3 Å². The van der Waals surface area contributed by atoms with E-state index in [1.807, 2.05) is 30.5 Å². The van der Waals surface area contributed by atoms with Crippen LogP contribution in [0, 0.1) is 13.8 Å². The Morgan fingerprint density at radius 1 is 0.903 bits per heavy atom. The molecule has 31 heavy (non-hydrogen) atoms. The maximum Gasteiger partial charge on any atom is 0.132 e. The van der Waals surface area contributed by atoms with E-state index < -0.39 is 0 Å². The summed E-state index contributed by atoms with van der Waals surface area (Å²) in [5, 5.41) is 18.3. The van der Waals surface area contributed by atoms with Crippen LogP contribution in [0.4, 0.5) is 0 Å². The van der Waals surface area contributed by atoms with Gasteiger partial charge in [0.1, 0.15) is 23.8 Å². The predicted octanol–water partition coefficient (Wildman–Crippen LogP) is 4.71. The van der Waals surface area contributed by atoms with Crippen molar-refractivity contribution in [3.05, 3.63) is 95.4 Å². The zero-order chi connectivity index (χ0) is 21.4. The molecule has 0 radical (unpaired) electrons. The number of nitrogens with zero attached hydrogens (tertiary/aromatic N) is 5. The molecule has 0 aliphatic rings. The van der Waals surface area contributed by atoms with Crippen molar-refractivity contribution in [2.45, 2.75) is 26.9 Å². The number of aromatic hydroxyl groups is 1. The summed E-state index contributed by atoms with van der Waals surface area (Å²) in [6.45, 7) is 5.52. The second-order valence-electron chi connectivity index (χ2n) is 7.88. The lowest BCUT2D eigenvalue weighted by molar-refractivity contribution is 0.475. The topological polar surface area (TPSA) is 68.8 Å². The lowest BCUT2D eigenvalue weighted by Gasteiger charge is -2.12. The van der Waals surface area contributed by atoms with Crippen molar-refractivity contribution in [1.29, 1.82) is 0 Å². The predicted molar refractivity (Wildman–Crippen MR) is 121 cm³/mol. The van der Waals surface area contributed by atoms with Crippen molar-refractivity contribution in [1.82, 2.24) is 24.5 Å². The summed E-state index contributed by atoms with van der Waals surface area (Å²) in [5.41, 5.74) is 7.41. The van der Waals surface area contributed by atoms with E-state index in [-0.39, 0.29) is 5.75 Å². The van der Waals surface area contributed by atoms with E-state index in [2.05, 4.69) is 53.0 Å². The standard InChI is InChI=1S/C25H23N5O/c1-17-10-11-18(2)20(12-17)14-30-24-9-4-3-8-22(24)26-25(30)16-29-15-23(27-28-29)19-6-5-7-21(31)13-19/h3-13,15,31H,14,16H2,1-2H3. The number of para-hydroxylation sites is 2. The molecule has 2 heterocycles. The maximum atomic E-state index is 9.75. The number of imidazole rings is 1. The number of aryl methyl sites for hydroxylation is 2. The molecule has 0 aliphatic heterocycles.